The average molecular weight is 285 g/mol. The summed E-state index contributed by atoms with van der Waals surface area (Å²) in [6.07, 6.45) is 0. The van der Waals surface area contributed by atoms with Gasteiger partial charge in [0.05, 0.1) is 12.7 Å². The molecule has 0 aliphatic rings. The van der Waals surface area contributed by atoms with E-state index in [2.05, 4.69) is 20.7 Å². The van der Waals surface area contributed by atoms with Gasteiger partial charge < -0.3 is 4.74 Å². The van der Waals surface area contributed by atoms with Crippen LogP contribution in [-0.2, 0) is 4.74 Å². The van der Waals surface area contributed by atoms with Gasteiger partial charge in [0.15, 0.2) is 5.78 Å². The third kappa shape index (κ3) is 2.70. The Morgan fingerprint density at radius 2 is 1.88 bits per heavy atom. The van der Waals surface area contributed by atoms with Gasteiger partial charge in [0.1, 0.15) is 0 Å². The van der Waals surface area contributed by atoms with Crippen molar-refractivity contribution in [3.63, 3.8) is 0 Å². The molecule has 0 aliphatic heterocycles. The van der Waals surface area contributed by atoms with E-state index < -0.39 is 5.97 Å². The van der Waals surface area contributed by atoms with Gasteiger partial charge in [-0.2, -0.15) is 0 Å². The van der Waals surface area contributed by atoms with Crippen molar-refractivity contribution in [3.8, 4) is 0 Å². The van der Waals surface area contributed by atoms with Gasteiger partial charge in [-0.25, -0.2) is 4.79 Å². The number of rotatable bonds is 3. The SMILES string of the molecule is COC(=O)c1ccc(Br)cc1C(=O)C(C)C. The highest BCUT2D eigenvalue weighted by atomic mass is 79.9. The van der Waals surface area contributed by atoms with Crippen LogP contribution < -0.4 is 0 Å². The van der Waals surface area contributed by atoms with Crippen LogP contribution in [0.15, 0.2) is 22.7 Å². The number of esters is 1. The van der Waals surface area contributed by atoms with Crippen molar-refractivity contribution in [1.29, 1.82) is 0 Å². The van der Waals surface area contributed by atoms with Crippen molar-refractivity contribution in [2.45, 2.75) is 13.8 Å². The average Bonchev–Trinajstić information content (AvgIpc) is 2.26. The minimum absolute atomic E-state index is 0.0679. The van der Waals surface area contributed by atoms with E-state index in [4.69, 9.17) is 0 Å². The number of halogens is 1. The molecule has 1 aromatic rings. The van der Waals surface area contributed by atoms with Gasteiger partial charge in [0, 0.05) is 16.0 Å². The molecule has 0 unspecified atom stereocenters. The summed E-state index contributed by atoms with van der Waals surface area (Å²) >= 11 is 3.28. The largest absolute Gasteiger partial charge is 0.465 e. The normalized spacial score (nSPS) is 10.3. The molecule has 4 heteroatoms. The van der Waals surface area contributed by atoms with Gasteiger partial charge in [0.25, 0.3) is 0 Å². The first-order valence-corrected chi connectivity index (χ1v) is 5.68. The molecule has 3 nitrogen and oxygen atoms in total. The van der Waals surface area contributed by atoms with Gasteiger partial charge in [-0.3, -0.25) is 4.79 Å². The fourth-order valence-electron chi connectivity index (χ4n) is 1.32. The minimum atomic E-state index is -0.489. The molecule has 0 aliphatic carbocycles. The molecule has 0 spiro atoms. The number of carbonyl (C=O) groups excluding carboxylic acids is 2. The Bertz CT molecular complexity index is 424. The predicted molar refractivity (Wildman–Crippen MR) is 64.7 cm³/mol. The lowest BCUT2D eigenvalue weighted by Gasteiger charge is -2.09. The highest BCUT2D eigenvalue weighted by Gasteiger charge is 2.19. The molecule has 16 heavy (non-hydrogen) atoms. The first-order chi connectivity index (χ1) is 7.47. The van der Waals surface area contributed by atoms with Crippen molar-refractivity contribution < 1.29 is 14.3 Å². The Morgan fingerprint density at radius 3 is 2.38 bits per heavy atom. The van der Waals surface area contributed by atoms with Crippen LogP contribution in [0, 0.1) is 5.92 Å². The molecular weight excluding hydrogens is 272 g/mol. The van der Waals surface area contributed by atoms with Crippen LogP contribution >= 0.6 is 15.9 Å². The third-order valence-electron chi connectivity index (χ3n) is 2.18. The van der Waals surface area contributed by atoms with Crippen LogP contribution in [0.1, 0.15) is 34.6 Å². The fraction of sp³-hybridized carbons (Fsp3) is 0.333. The van der Waals surface area contributed by atoms with E-state index >= 15 is 0 Å². The van der Waals surface area contributed by atoms with E-state index in [0.29, 0.717) is 11.1 Å². The number of ketones is 1. The molecule has 0 amide bonds. The highest BCUT2D eigenvalue weighted by molar-refractivity contribution is 9.10. The number of hydrogen-bond donors (Lipinski definition) is 0. The van der Waals surface area contributed by atoms with E-state index in [1.165, 1.54) is 7.11 Å². The van der Waals surface area contributed by atoms with Crippen LogP contribution in [0.4, 0.5) is 0 Å². The molecule has 0 saturated heterocycles. The highest BCUT2D eigenvalue weighted by Crippen LogP contribution is 2.20. The lowest BCUT2D eigenvalue weighted by molar-refractivity contribution is 0.0596. The van der Waals surface area contributed by atoms with Crippen LogP contribution in [0.2, 0.25) is 0 Å². The summed E-state index contributed by atoms with van der Waals surface area (Å²) in [5.41, 5.74) is 0.709. The zero-order chi connectivity index (χ0) is 12.3. The summed E-state index contributed by atoms with van der Waals surface area (Å²) in [5, 5.41) is 0. The Balaban J connectivity index is 3.29. The number of carbonyl (C=O) groups is 2. The Labute approximate surface area is 103 Å². The molecule has 1 aromatic carbocycles. The molecule has 0 heterocycles. The van der Waals surface area contributed by atoms with Crippen molar-refractivity contribution in [1.82, 2.24) is 0 Å². The van der Waals surface area contributed by atoms with Gasteiger partial charge in [0.2, 0.25) is 0 Å². The van der Waals surface area contributed by atoms with E-state index in [0.717, 1.165) is 4.47 Å². The van der Waals surface area contributed by atoms with Crippen LogP contribution in [0.3, 0.4) is 0 Å². The standard InChI is InChI=1S/C12H13BrO3/c1-7(2)11(14)10-6-8(13)4-5-9(10)12(15)16-3/h4-7H,1-3H3. The zero-order valence-electron chi connectivity index (χ0n) is 9.41. The molecule has 0 aromatic heterocycles. The topological polar surface area (TPSA) is 43.4 Å². The summed E-state index contributed by atoms with van der Waals surface area (Å²) in [7, 11) is 1.30. The van der Waals surface area contributed by atoms with Gasteiger partial charge in [-0.05, 0) is 18.2 Å². The predicted octanol–water partition coefficient (Wildman–Crippen LogP) is 3.07. The lowest BCUT2D eigenvalue weighted by Crippen LogP contribution is -2.14. The van der Waals surface area contributed by atoms with Gasteiger partial charge in [-0.1, -0.05) is 29.8 Å². The summed E-state index contributed by atoms with van der Waals surface area (Å²) in [4.78, 5) is 23.4. The quantitative estimate of drug-likeness (QED) is 0.633. The second-order valence-electron chi connectivity index (χ2n) is 3.70. The zero-order valence-corrected chi connectivity index (χ0v) is 11.0. The summed E-state index contributed by atoms with van der Waals surface area (Å²) in [6, 6.07) is 4.95. The first kappa shape index (κ1) is 12.9. The summed E-state index contributed by atoms with van der Waals surface area (Å²) in [6.45, 7) is 3.59. The Kier molecular flexibility index (Phi) is 4.24. The maximum absolute atomic E-state index is 11.9. The van der Waals surface area contributed by atoms with E-state index in [1.54, 1.807) is 32.0 Å². The molecule has 1 rings (SSSR count). The van der Waals surface area contributed by atoms with Gasteiger partial charge >= 0.3 is 5.97 Å². The summed E-state index contributed by atoms with van der Waals surface area (Å²) in [5.74, 6) is -0.712. The molecular formula is C12H13BrO3. The molecule has 86 valence electrons. The second kappa shape index (κ2) is 5.25. The number of benzene rings is 1. The fourth-order valence-corrected chi connectivity index (χ4v) is 1.68. The van der Waals surface area contributed by atoms with Crippen LogP contribution in [0.25, 0.3) is 0 Å². The van der Waals surface area contributed by atoms with E-state index in [1.807, 2.05) is 0 Å². The number of methoxy groups -OCH3 is 1. The maximum Gasteiger partial charge on any atom is 0.338 e. The molecule has 0 atom stereocenters. The van der Waals surface area contributed by atoms with Crippen LogP contribution in [-0.4, -0.2) is 18.9 Å². The minimum Gasteiger partial charge on any atom is -0.465 e. The number of ether oxygens (including phenoxy) is 1. The van der Waals surface area contributed by atoms with E-state index in [-0.39, 0.29) is 11.7 Å². The number of hydrogen-bond acceptors (Lipinski definition) is 3. The lowest BCUT2D eigenvalue weighted by atomic mass is 9.96. The summed E-state index contributed by atoms with van der Waals surface area (Å²) < 4.78 is 5.41. The van der Waals surface area contributed by atoms with Crippen molar-refractivity contribution >= 4 is 27.7 Å². The maximum atomic E-state index is 11.9. The Hall–Kier alpha value is -1.16. The van der Waals surface area contributed by atoms with E-state index in [9.17, 15) is 9.59 Å². The second-order valence-corrected chi connectivity index (χ2v) is 4.62. The molecule has 0 saturated carbocycles. The third-order valence-corrected chi connectivity index (χ3v) is 2.67. The van der Waals surface area contributed by atoms with Crippen molar-refractivity contribution in [2.75, 3.05) is 7.11 Å². The number of Topliss-reactive ketones (excluding diaryl/α,β-unsaturated/α-hetero) is 1. The Morgan fingerprint density at radius 1 is 1.25 bits per heavy atom. The monoisotopic (exact) mass is 284 g/mol. The van der Waals surface area contributed by atoms with Crippen LogP contribution in [0.5, 0.6) is 0 Å². The smallest absolute Gasteiger partial charge is 0.338 e. The first-order valence-electron chi connectivity index (χ1n) is 4.89. The van der Waals surface area contributed by atoms with Crippen molar-refractivity contribution in [2.24, 2.45) is 5.92 Å². The van der Waals surface area contributed by atoms with Gasteiger partial charge in [-0.15, -0.1) is 0 Å². The van der Waals surface area contributed by atoms with Crippen molar-refractivity contribution in [3.05, 3.63) is 33.8 Å². The molecule has 0 fully saturated rings. The molecule has 0 bridgehead atoms. The molecule has 0 N–H and O–H groups in total. The molecule has 0 radical (unpaired) electrons.